The lowest BCUT2D eigenvalue weighted by atomic mass is 9.85. The Hall–Kier alpha value is -1.19. The highest BCUT2D eigenvalue weighted by Gasteiger charge is 2.61. The van der Waals surface area contributed by atoms with Gasteiger partial charge >= 0.3 is 0 Å². The molecular weight excluding hydrogens is 380 g/mol. The van der Waals surface area contributed by atoms with Crippen molar-refractivity contribution < 1.29 is 23.0 Å². The maximum absolute atomic E-state index is 13.4. The van der Waals surface area contributed by atoms with E-state index in [9.17, 15) is 13.5 Å². The van der Waals surface area contributed by atoms with Gasteiger partial charge in [-0.1, -0.05) is 18.2 Å². The number of benzene rings is 1. The normalized spacial score (nSPS) is 40.2. The topological polar surface area (TPSA) is 79.3 Å². The van der Waals surface area contributed by atoms with E-state index in [-0.39, 0.29) is 18.8 Å². The first-order chi connectivity index (χ1) is 13.5. The molecule has 28 heavy (non-hydrogen) atoms. The highest BCUT2D eigenvalue weighted by Crippen LogP contribution is 2.43. The molecule has 7 nitrogen and oxygen atoms in total. The predicted octanol–water partition coefficient (Wildman–Crippen LogP) is 1.18. The number of para-hydroxylation sites is 1. The number of aliphatic hydroxyl groups is 1. The van der Waals surface area contributed by atoms with Crippen LogP contribution in [0.5, 0.6) is 0 Å². The van der Waals surface area contributed by atoms with E-state index in [1.165, 1.54) is 4.31 Å². The molecule has 3 aliphatic heterocycles. The summed E-state index contributed by atoms with van der Waals surface area (Å²) in [7, 11) is -3.62. The summed E-state index contributed by atoms with van der Waals surface area (Å²) in [5.41, 5.74) is 0.633. The monoisotopic (exact) mass is 408 g/mol. The number of fused-ring (bicyclic) bond motifs is 1. The summed E-state index contributed by atoms with van der Waals surface area (Å²) in [5, 5.41) is 10.8. The number of anilines is 1. The summed E-state index contributed by atoms with van der Waals surface area (Å²) in [6.45, 7) is 2.51. The fourth-order valence-electron chi connectivity index (χ4n) is 5.47. The quantitative estimate of drug-likeness (QED) is 0.809. The van der Waals surface area contributed by atoms with Crippen molar-refractivity contribution in [1.82, 2.24) is 4.90 Å². The molecule has 1 N–H and O–H groups in total. The molecule has 8 heteroatoms. The fourth-order valence-corrected chi connectivity index (χ4v) is 7.76. The zero-order valence-corrected chi connectivity index (χ0v) is 16.8. The molecule has 154 valence electrons. The molecule has 5 atom stereocenters. The van der Waals surface area contributed by atoms with E-state index in [1.807, 2.05) is 18.2 Å². The standard InChI is InChI=1S/C20H28N2O5S/c23-19-12-22(16-4-2-1-3-5-16)28(24,25)20(19)8-9-21(13-20)11-15-6-7-17-18(10-15)27-14-26-17/h1-5,15,17-19,23H,6-14H2/t15?,17?,18?,19-,20+/m0/s1. The second-order valence-corrected chi connectivity index (χ2v) is 10.8. The molecule has 1 aromatic rings. The van der Waals surface area contributed by atoms with E-state index in [1.54, 1.807) is 12.1 Å². The Balaban J connectivity index is 1.30. The highest BCUT2D eigenvalue weighted by molar-refractivity contribution is 7.94. The molecule has 5 rings (SSSR count). The third-order valence-corrected chi connectivity index (χ3v) is 9.63. The van der Waals surface area contributed by atoms with Gasteiger partial charge in [-0.25, -0.2) is 8.42 Å². The molecule has 4 aliphatic rings. The summed E-state index contributed by atoms with van der Waals surface area (Å²) < 4.78 is 38.4. The second-order valence-electron chi connectivity index (χ2n) is 8.64. The van der Waals surface area contributed by atoms with Crippen LogP contribution < -0.4 is 4.31 Å². The number of aliphatic hydroxyl groups excluding tert-OH is 1. The number of rotatable bonds is 3. The van der Waals surface area contributed by atoms with E-state index in [2.05, 4.69) is 4.90 Å². The summed E-state index contributed by atoms with van der Waals surface area (Å²) in [6.07, 6.45) is 3.10. The van der Waals surface area contributed by atoms with Crippen LogP contribution in [0.25, 0.3) is 0 Å². The van der Waals surface area contributed by atoms with Gasteiger partial charge in [-0.05, 0) is 50.3 Å². The van der Waals surface area contributed by atoms with E-state index in [0.717, 1.165) is 25.8 Å². The molecule has 3 unspecified atom stereocenters. The van der Waals surface area contributed by atoms with Crippen LogP contribution >= 0.6 is 0 Å². The van der Waals surface area contributed by atoms with Gasteiger partial charge in [-0.3, -0.25) is 4.31 Å². The van der Waals surface area contributed by atoms with Gasteiger partial charge in [0, 0.05) is 13.1 Å². The Labute approximate surface area is 166 Å². The molecule has 0 amide bonds. The van der Waals surface area contributed by atoms with Crippen LogP contribution in [-0.4, -0.2) is 74.5 Å². The molecule has 3 heterocycles. The number of ether oxygens (including phenoxy) is 2. The van der Waals surface area contributed by atoms with Gasteiger partial charge in [0.2, 0.25) is 10.0 Å². The Kier molecular flexibility index (Phi) is 4.67. The van der Waals surface area contributed by atoms with Crippen molar-refractivity contribution in [1.29, 1.82) is 0 Å². The number of nitrogens with zero attached hydrogens (tertiary/aromatic N) is 2. The molecule has 4 fully saturated rings. The van der Waals surface area contributed by atoms with Crippen molar-refractivity contribution in [2.24, 2.45) is 5.92 Å². The summed E-state index contributed by atoms with van der Waals surface area (Å²) >= 11 is 0. The smallest absolute Gasteiger partial charge is 0.244 e. The molecule has 0 bridgehead atoms. The van der Waals surface area contributed by atoms with Gasteiger partial charge in [-0.15, -0.1) is 0 Å². The summed E-state index contributed by atoms with van der Waals surface area (Å²) in [5.74, 6) is 0.490. The maximum atomic E-state index is 13.4. The average Bonchev–Trinajstić information content (AvgIpc) is 3.37. The molecule has 1 spiro atoms. The van der Waals surface area contributed by atoms with Crippen LogP contribution in [-0.2, 0) is 19.5 Å². The van der Waals surface area contributed by atoms with Crippen LogP contribution in [0.2, 0.25) is 0 Å². The first-order valence-electron chi connectivity index (χ1n) is 10.2. The first-order valence-corrected chi connectivity index (χ1v) is 11.6. The maximum Gasteiger partial charge on any atom is 0.244 e. The summed E-state index contributed by atoms with van der Waals surface area (Å²) in [6, 6.07) is 9.10. The SMILES string of the molecule is O=S1(=O)N(c2ccccc2)C[C@H](O)[C@]12CCN(CC1CCC3OCOC3C1)C2. The lowest BCUT2D eigenvalue weighted by Gasteiger charge is -2.33. The molecule has 1 aromatic carbocycles. The molecule has 1 aliphatic carbocycles. The lowest BCUT2D eigenvalue weighted by molar-refractivity contribution is 0.0382. The Morgan fingerprint density at radius 3 is 2.75 bits per heavy atom. The van der Waals surface area contributed by atoms with Crippen LogP contribution in [0.1, 0.15) is 25.7 Å². The highest BCUT2D eigenvalue weighted by atomic mass is 32.2. The van der Waals surface area contributed by atoms with E-state index >= 15 is 0 Å². The minimum atomic E-state index is -3.62. The zero-order chi connectivity index (χ0) is 19.4. The van der Waals surface area contributed by atoms with Gasteiger partial charge in [-0.2, -0.15) is 0 Å². The lowest BCUT2D eigenvalue weighted by Crippen LogP contribution is -2.48. The minimum absolute atomic E-state index is 0.137. The van der Waals surface area contributed by atoms with Crippen molar-refractivity contribution in [3.05, 3.63) is 30.3 Å². The van der Waals surface area contributed by atoms with Gasteiger partial charge in [0.05, 0.1) is 30.5 Å². The van der Waals surface area contributed by atoms with E-state index in [0.29, 0.717) is 37.9 Å². The number of hydrogen-bond acceptors (Lipinski definition) is 6. The molecule has 1 saturated carbocycles. The van der Waals surface area contributed by atoms with Crippen molar-refractivity contribution in [2.45, 2.75) is 48.7 Å². The number of likely N-dealkylation sites (tertiary alicyclic amines) is 1. The molecule has 0 radical (unpaired) electrons. The molecule has 0 aromatic heterocycles. The number of sulfonamides is 1. The Bertz CT molecular complexity index is 819. The predicted molar refractivity (Wildman–Crippen MR) is 104 cm³/mol. The molecular formula is C20H28N2O5S. The van der Waals surface area contributed by atoms with Crippen LogP contribution in [0.15, 0.2) is 30.3 Å². The zero-order valence-electron chi connectivity index (χ0n) is 15.9. The minimum Gasteiger partial charge on any atom is -0.389 e. The third kappa shape index (κ3) is 2.89. The second kappa shape index (κ2) is 6.95. The largest absolute Gasteiger partial charge is 0.389 e. The summed E-state index contributed by atoms with van der Waals surface area (Å²) in [4.78, 5) is 2.23. The van der Waals surface area contributed by atoms with Crippen molar-refractivity contribution in [3.8, 4) is 0 Å². The van der Waals surface area contributed by atoms with Crippen molar-refractivity contribution in [2.75, 3.05) is 37.3 Å². The van der Waals surface area contributed by atoms with Crippen LogP contribution in [0.3, 0.4) is 0 Å². The molecule has 3 saturated heterocycles. The average molecular weight is 409 g/mol. The van der Waals surface area contributed by atoms with Gasteiger partial charge < -0.3 is 19.5 Å². The Morgan fingerprint density at radius 2 is 1.93 bits per heavy atom. The Morgan fingerprint density at radius 1 is 1.14 bits per heavy atom. The van der Waals surface area contributed by atoms with Gasteiger partial charge in [0.25, 0.3) is 0 Å². The number of hydrogen-bond donors (Lipinski definition) is 1. The van der Waals surface area contributed by atoms with Gasteiger partial charge in [0.15, 0.2) is 0 Å². The van der Waals surface area contributed by atoms with E-state index in [4.69, 9.17) is 9.47 Å². The van der Waals surface area contributed by atoms with Crippen LogP contribution in [0, 0.1) is 5.92 Å². The third-order valence-electron chi connectivity index (χ3n) is 7.06. The van der Waals surface area contributed by atoms with Crippen molar-refractivity contribution >= 4 is 15.7 Å². The number of β-amino-alcohol motifs (C(OH)–C–C–N with tert-alkyl or cyclic N) is 1. The van der Waals surface area contributed by atoms with Gasteiger partial charge in [0.1, 0.15) is 11.5 Å². The first kappa shape index (κ1) is 18.8. The fraction of sp³-hybridized carbons (Fsp3) is 0.700. The van der Waals surface area contributed by atoms with Crippen molar-refractivity contribution in [3.63, 3.8) is 0 Å². The van der Waals surface area contributed by atoms with Crippen LogP contribution in [0.4, 0.5) is 5.69 Å². The van der Waals surface area contributed by atoms with E-state index < -0.39 is 20.9 Å².